The molecule has 3 rings (SSSR count). The van der Waals surface area contributed by atoms with Crippen LogP contribution in [0.3, 0.4) is 0 Å². The lowest BCUT2D eigenvalue weighted by atomic mass is 10.2. The van der Waals surface area contributed by atoms with Crippen LogP contribution in [0.25, 0.3) is 0 Å². The molecule has 0 saturated heterocycles. The maximum absolute atomic E-state index is 12.8. The van der Waals surface area contributed by atoms with E-state index >= 15 is 0 Å². The van der Waals surface area contributed by atoms with E-state index in [0.29, 0.717) is 11.3 Å². The summed E-state index contributed by atoms with van der Waals surface area (Å²) in [5.41, 5.74) is 2.48. The fraction of sp³-hybridized carbons (Fsp3) is 0.208. The van der Waals surface area contributed by atoms with E-state index < -0.39 is 16.1 Å². The number of benzene rings is 3. The Morgan fingerprint density at radius 1 is 0.839 bits per heavy atom. The van der Waals surface area contributed by atoms with E-state index in [2.05, 4.69) is 0 Å². The molecule has 0 amide bonds. The molecule has 0 atom stereocenters. The highest BCUT2D eigenvalue weighted by Crippen LogP contribution is 2.26. The summed E-state index contributed by atoms with van der Waals surface area (Å²) in [5.74, 6) is -0.114. The molecule has 0 unspecified atom stereocenters. The van der Waals surface area contributed by atoms with Gasteiger partial charge in [-0.25, -0.2) is 4.79 Å². The van der Waals surface area contributed by atoms with Crippen LogP contribution in [0.15, 0.2) is 71.6 Å². The highest BCUT2D eigenvalue weighted by molar-refractivity contribution is 7.87. The maximum atomic E-state index is 12.8. The fourth-order valence-electron chi connectivity index (χ4n) is 2.85. The number of carbonyl (C=O) groups excluding carboxylic acids is 1. The molecule has 0 aliphatic heterocycles. The highest BCUT2D eigenvalue weighted by atomic mass is 32.2. The van der Waals surface area contributed by atoms with Gasteiger partial charge in [-0.3, -0.25) is 0 Å². The van der Waals surface area contributed by atoms with Gasteiger partial charge in [0.2, 0.25) is 0 Å². The SMILES string of the molecule is Cc1ccc(OCCOC(=O)c2ccccc2OS(=O)(=O)c2cc(C)ccc2C)cc1. The number of ether oxygens (including phenoxy) is 2. The fourth-order valence-corrected chi connectivity index (χ4v) is 4.12. The van der Waals surface area contributed by atoms with Crippen molar-refractivity contribution in [2.45, 2.75) is 25.7 Å². The second kappa shape index (κ2) is 9.66. The third-order valence-electron chi connectivity index (χ3n) is 4.53. The number of carbonyl (C=O) groups is 1. The minimum Gasteiger partial charge on any atom is -0.490 e. The third kappa shape index (κ3) is 5.86. The zero-order chi connectivity index (χ0) is 22.4. The molecule has 6 nitrogen and oxygen atoms in total. The van der Waals surface area contributed by atoms with E-state index in [1.54, 1.807) is 32.0 Å². The summed E-state index contributed by atoms with van der Waals surface area (Å²) in [6.07, 6.45) is 0. The van der Waals surface area contributed by atoms with Crippen molar-refractivity contribution in [1.29, 1.82) is 0 Å². The van der Waals surface area contributed by atoms with E-state index in [9.17, 15) is 13.2 Å². The van der Waals surface area contributed by atoms with Gasteiger partial charge in [-0.15, -0.1) is 0 Å². The molecule has 0 saturated carbocycles. The Kier molecular flexibility index (Phi) is 6.97. The lowest BCUT2D eigenvalue weighted by Gasteiger charge is -2.13. The Bertz CT molecular complexity index is 1170. The molecule has 0 spiro atoms. The lowest BCUT2D eigenvalue weighted by Crippen LogP contribution is -2.16. The summed E-state index contributed by atoms with van der Waals surface area (Å²) < 4.78 is 41.7. The monoisotopic (exact) mass is 440 g/mol. The van der Waals surface area contributed by atoms with Gasteiger partial charge in [0, 0.05) is 0 Å². The van der Waals surface area contributed by atoms with E-state index in [4.69, 9.17) is 13.7 Å². The van der Waals surface area contributed by atoms with Crippen LogP contribution in [-0.4, -0.2) is 27.6 Å². The van der Waals surface area contributed by atoms with Crippen molar-refractivity contribution in [3.63, 3.8) is 0 Å². The first-order chi connectivity index (χ1) is 14.8. The number of aryl methyl sites for hydroxylation is 3. The molecule has 7 heteroatoms. The Morgan fingerprint density at radius 2 is 1.52 bits per heavy atom. The van der Waals surface area contributed by atoms with Gasteiger partial charge in [-0.2, -0.15) is 8.42 Å². The first-order valence-electron chi connectivity index (χ1n) is 9.73. The molecular formula is C24H24O6S. The topological polar surface area (TPSA) is 78.9 Å². The Morgan fingerprint density at radius 3 is 2.26 bits per heavy atom. The molecule has 0 aliphatic rings. The predicted molar refractivity (Wildman–Crippen MR) is 117 cm³/mol. The van der Waals surface area contributed by atoms with Crippen LogP contribution in [0, 0.1) is 20.8 Å². The molecule has 3 aromatic rings. The van der Waals surface area contributed by atoms with Gasteiger partial charge in [0.05, 0.1) is 0 Å². The van der Waals surface area contributed by atoms with Crippen LogP contribution in [0.2, 0.25) is 0 Å². The summed E-state index contributed by atoms with van der Waals surface area (Å²) in [4.78, 5) is 12.6. The average molecular weight is 441 g/mol. The average Bonchev–Trinajstić information content (AvgIpc) is 2.74. The molecule has 0 N–H and O–H groups in total. The van der Waals surface area contributed by atoms with E-state index in [1.165, 1.54) is 18.2 Å². The number of hydrogen-bond acceptors (Lipinski definition) is 6. The third-order valence-corrected chi connectivity index (χ3v) is 5.90. The minimum absolute atomic E-state index is 0.00474. The second-order valence-electron chi connectivity index (χ2n) is 7.10. The molecule has 3 aromatic carbocycles. The Balaban J connectivity index is 1.67. The first kappa shape index (κ1) is 22.4. The second-order valence-corrected chi connectivity index (χ2v) is 8.61. The summed E-state index contributed by atoms with van der Waals surface area (Å²) in [6.45, 7) is 5.63. The van der Waals surface area contributed by atoms with Crippen molar-refractivity contribution in [2.75, 3.05) is 13.2 Å². The van der Waals surface area contributed by atoms with Crippen LogP contribution >= 0.6 is 0 Å². The molecule has 162 valence electrons. The van der Waals surface area contributed by atoms with Crippen molar-refractivity contribution in [3.05, 3.63) is 89.0 Å². The highest BCUT2D eigenvalue weighted by Gasteiger charge is 2.23. The van der Waals surface area contributed by atoms with Crippen LogP contribution in [0.4, 0.5) is 0 Å². The standard InChI is InChI=1S/C24H24O6S/c1-17-9-12-20(13-10-17)28-14-15-29-24(25)21-6-4-5-7-22(21)30-31(26,27)23-16-18(2)8-11-19(23)3/h4-13,16H,14-15H2,1-3H3. The van der Waals surface area contributed by atoms with E-state index in [0.717, 1.165) is 11.1 Å². The summed E-state index contributed by atoms with van der Waals surface area (Å²) in [7, 11) is -4.12. The first-order valence-corrected chi connectivity index (χ1v) is 11.1. The Hall–Kier alpha value is -3.32. The molecule has 0 fully saturated rings. The van der Waals surface area contributed by atoms with Gasteiger partial charge in [0.25, 0.3) is 0 Å². The van der Waals surface area contributed by atoms with E-state index in [-0.39, 0.29) is 29.4 Å². The zero-order valence-corrected chi connectivity index (χ0v) is 18.4. The molecule has 0 radical (unpaired) electrons. The van der Waals surface area contributed by atoms with Crippen LogP contribution < -0.4 is 8.92 Å². The van der Waals surface area contributed by atoms with Gasteiger partial charge >= 0.3 is 16.1 Å². The molecule has 0 aromatic heterocycles. The zero-order valence-electron chi connectivity index (χ0n) is 17.6. The van der Waals surface area contributed by atoms with Crippen molar-refractivity contribution in [1.82, 2.24) is 0 Å². The smallest absolute Gasteiger partial charge is 0.342 e. The van der Waals surface area contributed by atoms with Crippen molar-refractivity contribution in [2.24, 2.45) is 0 Å². The Labute approximate surface area is 182 Å². The van der Waals surface area contributed by atoms with E-state index in [1.807, 2.05) is 37.3 Å². The van der Waals surface area contributed by atoms with Gasteiger partial charge in [-0.1, -0.05) is 42.0 Å². The maximum Gasteiger partial charge on any atom is 0.342 e. The van der Waals surface area contributed by atoms with Gasteiger partial charge in [0.15, 0.2) is 5.75 Å². The summed E-state index contributed by atoms with van der Waals surface area (Å²) in [6, 6.07) is 18.6. The van der Waals surface area contributed by atoms with Gasteiger partial charge in [-0.05, 0) is 62.2 Å². The van der Waals surface area contributed by atoms with Crippen LogP contribution in [0.5, 0.6) is 11.5 Å². The van der Waals surface area contributed by atoms with Crippen molar-refractivity contribution in [3.8, 4) is 11.5 Å². The molecule has 0 aliphatic carbocycles. The molecule has 0 heterocycles. The van der Waals surface area contributed by atoms with Gasteiger partial charge in [0.1, 0.15) is 29.4 Å². The van der Waals surface area contributed by atoms with Gasteiger partial charge < -0.3 is 13.7 Å². The summed E-state index contributed by atoms with van der Waals surface area (Å²) >= 11 is 0. The lowest BCUT2D eigenvalue weighted by molar-refractivity contribution is 0.0448. The predicted octanol–water partition coefficient (Wildman–Crippen LogP) is 4.62. The van der Waals surface area contributed by atoms with Crippen LogP contribution in [-0.2, 0) is 14.9 Å². The van der Waals surface area contributed by atoms with Crippen LogP contribution in [0.1, 0.15) is 27.0 Å². The number of para-hydroxylation sites is 1. The molecule has 31 heavy (non-hydrogen) atoms. The quantitative estimate of drug-likeness (QED) is 0.289. The minimum atomic E-state index is -4.12. The normalized spacial score (nSPS) is 11.1. The van der Waals surface area contributed by atoms with Crippen molar-refractivity contribution >= 4 is 16.1 Å². The molecule has 0 bridgehead atoms. The molecular weight excluding hydrogens is 416 g/mol. The largest absolute Gasteiger partial charge is 0.490 e. The number of rotatable bonds is 8. The number of hydrogen-bond donors (Lipinski definition) is 0. The number of esters is 1. The summed E-state index contributed by atoms with van der Waals surface area (Å²) in [5, 5.41) is 0. The van der Waals surface area contributed by atoms with Crippen molar-refractivity contribution < 1.29 is 26.9 Å².